The molecule has 0 heterocycles. The van der Waals surface area contributed by atoms with Gasteiger partial charge in [0, 0.05) is 19.6 Å². The van der Waals surface area contributed by atoms with Gasteiger partial charge in [-0.3, -0.25) is 0 Å². The summed E-state index contributed by atoms with van der Waals surface area (Å²) in [5, 5.41) is 11.8. The fraction of sp³-hybridized carbons (Fsp3) is 0.917. The number of nitrogens with zero attached hydrogens (tertiary/aromatic N) is 1. The van der Waals surface area contributed by atoms with Gasteiger partial charge in [-0.15, -0.1) is 0 Å². The van der Waals surface area contributed by atoms with Crippen LogP contribution in [0.4, 0.5) is 4.79 Å². The van der Waals surface area contributed by atoms with Gasteiger partial charge < -0.3 is 15.3 Å². The van der Waals surface area contributed by atoms with Crippen molar-refractivity contribution in [3.05, 3.63) is 0 Å². The van der Waals surface area contributed by atoms with Crippen LogP contribution in [-0.2, 0) is 0 Å². The maximum atomic E-state index is 11.7. The maximum Gasteiger partial charge on any atom is 0.317 e. The van der Waals surface area contributed by atoms with Crippen LogP contribution in [0.25, 0.3) is 0 Å². The Hall–Kier alpha value is -0.770. The first kappa shape index (κ1) is 13.3. The number of aliphatic hydroxyl groups excluding tert-OH is 1. The number of amides is 2. The number of likely N-dealkylation sites (N-methyl/N-ethyl adjacent to an activating group) is 1. The van der Waals surface area contributed by atoms with E-state index in [1.807, 2.05) is 6.92 Å². The molecule has 1 aliphatic carbocycles. The van der Waals surface area contributed by atoms with Crippen molar-refractivity contribution in [3.8, 4) is 0 Å². The van der Waals surface area contributed by atoms with E-state index in [-0.39, 0.29) is 12.6 Å². The van der Waals surface area contributed by atoms with Gasteiger partial charge in [-0.1, -0.05) is 19.3 Å². The molecule has 1 aliphatic rings. The Morgan fingerprint density at radius 3 is 2.62 bits per heavy atom. The van der Waals surface area contributed by atoms with Crippen molar-refractivity contribution in [2.75, 3.05) is 26.2 Å². The first-order chi connectivity index (χ1) is 7.77. The third kappa shape index (κ3) is 4.39. The lowest BCUT2D eigenvalue weighted by Gasteiger charge is -2.25. The number of urea groups is 1. The SMILES string of the molecule is CCN(CCO)C(=O)NCC1CCCCC1. The normalized spacial score (nSPS) is 17.1. The third-order valence-corrected chi connectivity index (χ3v) is 3.31. The summed E-state index contributed by atoms with van der Waals surface area (Å²) in [6.45, 7) is 3.82. The minimum atomic E-state index is -0.0397. The van der Waals surface area contributed by atoms with E-state index in [2.05, 4.69) is 5.32 Å². The molecule has 1 rings (SSSR count). The largest absolute Gasteiger partial charge is 0.395 e. The predicted molar refractivity (Wildman–Crippen MR) is 64.3 cm³/mol. The quantitative estimate of drug-likeness (QED) is 0.751. The van der Waals surface area contributed by atoms with Crippen LogP contribution in [0.3, 0.4) is 0 Å². The molecule has 0 saturated heterocycles. The van der Waals surface area contributed by atoms with Crippen molar-refractivity contribution >= 4 is 6.03 Å². The van der Waals surface area contributed by atoms with E-state index >= 15 is 0 Å². The molecule has 16 heavy (non-hydrogen) atoms. The van der Waals surface area contributed by atoms with Crippen LogP contribution >= 0.6 is 0 Å². The molecule has 0 aliphatic heterocycles. The number of carbonyl (C=O) groups excluding carboxylic acids is 1. The summed E-state index contributed by atoms with van der Waals surface area (Å²) in [6.07, 6.45) is 6.43. The van der Waals surface area contributed by atoms with Gasteiger partial charge in [0.05, 0.1) is 6.61 Å². The molecule has 0 aromatic rings. The van der Waals surface area contributed by atoms with Gasteiger partial charge >= 0.3 is 6.03 Å². The standard InChI is InChI=1S/C12H24N2O2/c1-2-14(8-9-15)12(16)13-10-11-6-4-3-5-7-11/h11,15H,2-10H2,1H3,(H,13,16). The Labute approximate surface area is 98.0 Å². The van der Waals surface area contributed by atoms with E-state index < -0.39 is 0 Å². The minimum absolute atomic E-state index is 0.0324. The summed E-state index contributed by atoms with van der Waals surface area (Å²) in [5.74, 6) is 0.658. The van der Waals surface area contributed by atoms with Gasteiger partial charge in [0.25, 0.3) is 0 Å². The molecule has 94 valence electrons. The molecule has 4 heteroatoms. The van der Waals surface area contributed by atoms with E-state index in [9.17, 15) is 4.79 Å². The lowest BCUT2D eigenvalue weighted by Crippen LogP contribution is -2.43. The highest BCUT2D eigenvalue weighted by molar-refractivity contribution is 5.74. The van der Waals surface area contributed by atoms with Crippen molar-refractivity contribution in [1.82, 2.24) is 10.2 Å². The summed E-state index contributed by atoms with van der Waals surface area (Å²) >= 11 is 0. The van der Waals surface area contributed by atoms with Crippen LogP contribution in [0.2, 0.25) is 0 Å². The van der Waals surface area contributed by atoms with Crippen LogP contribution in [0.1, 0.15) is 39.0 Å². The van der Waals surface area contributed by atoms with Crippen molar-refractivity contribution < 1.29 is 9.90 Å². The van der Waals surface area contributed by atoms with Crippen LogP contribution in [0, 0.1) is 5.92 Å². The van der Waals surface area contributed by atoms with E-state index in [1.165, 1.54) is 32.1 Å². The zero-order valence-electron chi connectivity index (χ0n) is 10.2. The molecule has 0 aromatic carbocycles. The average Bonchev–Trinajstić information content (AvgIpc) is 2.34. The number of aliphatic hydroxyl groups is 1. The second-order valence-electron chi connectivity index (χ2n) is 4.49. The molecule has 0 atom stereocenters. The van der Waals surface area contributed by atoms with Crippen LogP contribution in [0.15, 0.2) is 0 Å². The Morgan fingerprint density at radius 1 is 1.38 bits per heavy atom. The van der Waals surface area contributed by atoms with Crippen molar-refractivity contribution in [3.63, 3.8) is 0 Å². The highest BCUT2D eigenvalue weighted by Crippen LogP contribution is 2.22. The van der Waals surface area contributed by atoms with Crippen LogP contribution < -0.4 is 5.32 Å². The summed E-state index contributed by atoms with van der Waals surface area (Å²) in [4.78, 5) is 13.4. The lowest BCUT2D eigenvalue weighted by atomic mass is 9.89. The monoisotopic (exact) mass is 228 g/mol. The second-order valence-corrected chi connectivity index (χ2v) is 4.49. The molecule has 0 aromatic heterocycles. The van der Waals surface area contributed by atoms with Crippen molar-refractivity contribution in [2.24, 2.45) is 5.92 Å². The highest BCUT2D eigenvalue weighted by atomic mass is 16.3. The molecule has 1 fully saturated rings. The Kier molecular flexibility index (Phi) is 6.23. The summed E-state index contributed by atoms with van der Waals surface area (Å²) in [5.41, 5.74) is 0. The zero-order chi connectivity index (χ0) is 11.8. The molecule has 0 bridgehead atoms. The molecule has 4 nitrogen and oxygen atoms in total. The summed E-state index contributed by atoms with van der Waals surface area (Å²) in [6, 6.07) is -0.0397. The van der Waals surface area contributed by atoms with E-state index in [0.29, 0.717) is 19.0 Å². The Bertz CT molecular complexity index is 203. The molecular formula is C12H24N2O2. The Morgan fingerprint density at radius 2 is 2.06 bits per heavy atom. The highest BCUT2D eigenvalue weighted by Gasteiger charge is 2.16. The van der Waals surface area contributed by atoms with Gasteiger partial charge in [0.15, 0.2) is 0 Å². The van der Waals surface area contributed by atoms with Gasteiger partial charge in [0.1, 0.15) is 0 Å². The first-order valence-electron chi connectivity index (χ1n) is 6.41. The second kappa shape index (κ2) is 7.49. The molecule has 0 radical (unpaired) electrons. The molecule has 2 N–H and O–H groups in total. The van der Waals surface area contributed by atoms with Gasteiger partial charge in [0.2, 0.25) is 0 Å². The number of carbonyl (C=O) groups is 1. The third-order valence-electron chi connectivity index (χ3n) is 3.31. The van der Waals surface area contributed by atoms with Gasteiger partial charge in [-0.2, -0.15) is 0 Å². The topological polar surface area (TPSA) is 52.6 Å². The number of rotatable bonds is 5. The molecule has 0 spiro atoms. The predicted octanol–water partition coefficient (Wildman–Crippen LogP) is 1.59. The van der Waals surface area contributed by atoms with Crippen molar-refractivity contribution in [1.29, 1.82) is 0 Å². The fourth-order valence-electron chi connectivity index (χ4n) is 2.26. The van der Waals surface area contributed by atoms with E-state index in [4.69, 9.17) is 5.11 Å². The first-order valence-corrected chi connectivity index (χ1v) is 6.41. The smallest absolute Gasteiger partial charge is 0.317 e. The van der Waals surface area contributed by atoms with E-state index in [1.54, 1.807) is 4.90 Å². The fourth-order valence-corrected chi connectivity index (χ4v) is 2.26. The average molecular weight is 228 g/mol. The minimum Gasteiger partial charge on any atom is -0.395 e. The number of nitrogens with one attached hydrogen (secondary N) is 1. The number of hydrogen-bond donors (Lipinski definition) is 2. The summed E-state index contributed by atoms with van der Waals surface area (Å²) < 4.78 is 0. The van der Waals surface area contributed by atoms with Crippen LogP contribution in [0.5, 0.6) is 0 Å². The number of hydrogen-bond acceptors (Lipinski definition) is 2. The molecular weight excluding hydrogens is 204 g/mol. The van der Waals surface area contributed by atoms with Gasteiger partial charge in [-0.05, 0) is 25.7 Å². The van der Waals surface area contributed by atoms with E-state index in [0.717, 1.165) is 6.54 Å². The van der Waals surface area contributed by atoms with Gasteiger partial charge in [-0.25, -0.2) is 4.79 Å². The maximum absolute atomic E-state index is 11.7. The molecule has 0 unspecified atom stereocenters. The zero-order valence-corrected chi connectivity index (χ0v) is 10.2. The lowest BCUT2D eigenvalue weighted by molar-refractivity contribution is 0.177. The van der Waals surface area contributed by atoms with Crippen LogP contribution in [-0.4, -0.2) is 42.3 Å². The summed E-state index contributed by atoms with van der Waals surface area (Å²) in [7, 11) is 0. The van der Waals surface area contributed by atoms with Crippen molar-refractivity contribution in [2.45, 2.75) is 39.0 Å². The molecule has 2 amide bonds. The molecule has 1 saturated carbocycles. The Balaban J connectivity index is 2.21.